The second-order valence-electron chi connectivity index (χ2n) is 12.2. The summed E-state index contributed by atoms with van der Waals surface area (Å²) < 4.78 is 23.5. The van der Waals surface area contributed by atoms with Crippen molar-refractivity contribution in [3.63, 3.8) is 0 Å². The van der Waals surface area contributed by atoms with Crippen molar-refractivity contribution in [3.05, 3.63) is 34.4 Å². The van der Waals surface area contributed by atoms with Crippen LogP contribution >= 0.6 is 0 Å². The number of rotatable bonds is 3. The number of carbonyl (C=O) groups excluding carboxylic acids is 2. The monoisotopic (exact) mass is 484 g/mol. The molecule has 1 aromatic heterocycles. The van der Waals surface area contributed by atoms with Crippen molar-refractivity contribution >= 4 is 11.9 Å². The summed E-state index contributed by atoms with van der Waals surface area (Å²) >= 11 is 0. The number of epoxide rings is 1. The number of fused-ring (bicyclic) bond motifs is 3. The maximum atomic E-state index is 12.1. The van der Waals surface area contributed by atoms with Crippen molar-refractivity contribution in [2.24, 2.45) is 28.6 Å². The highest BCUT2D eigenvalue weighted by Crippen LogP contribution is 2.78. The lowest BCUT2D eigenvalue weighted by Crippen LogP contribution is -2.58. The van der Waals surface area contributed by atoms with Crippen molar-refractivity contribution < 1.29 is 28.2 Å². The van der Waals surface area contributed by atoms with Crippen LogP contribution in [0.3, 0.4) is 0 Å². The molecule has 0 radical (unpaired) electrons. The number of hydrogen-bond donors (Lipinski definition) is 0. The molecule has 9 unspecified atom stereocenters. The van der Waals surface area contributed by atoms with E-state index in [1.165, 1.54) is 19.9 Å². The number of carbonyl (C=O) groups is 2. The highest BCUT2D eigenvalue weighted by atomic mass is 16.7. The summed E-state index contributed by atoms with van der Waals surface area (Å²) in [7, 11) is 0. The predicted molar refractivity (Wildman–Crippen MR) is 125 cm³/mol. The van der Waals surface area contributed by atoms with Gasteiger partial charge in [0.2, 0.25) is 0 Å². The van der Waals surface area contributed by atoms with Crippen LogP contribution in [0.1, 0.15) is 84.1 Å². The van der Waals surface area contributed by atoms with E-state index in [0.717, 1.165) is 50.5 Å². The molecule has 7 nitrogen and oxygen atoms in total. The van der Waals surface area contributed by atoms with Crippen LogP contribution in [0.15, 0.2) is 27.6 Å². The van der Waals surface area contributed by atoms with Crippen LogP contribution < -0.4 is 5.63 Å². The van der Waals surface area contributed by atoms with E-state index in [9.17, 15) is 14.4 Å². The third-order valence-corrected chi connectivity index (χ3v) is 10.8. The topological polar surface area (TPSA) is 95.3 Å². The first kappa shape index (κ1) is 23.3. The molecule has 0 amide bonds. The zero-order valence-corrected chi connectivity index (χ0v) is 21.1. The molecule has 1 saturated heterocycles. The zero-order chi connectivity index (χ0) is 24.8. The molecule has 1 aromatic rings. The SMILES string of the molecule is CC(=O)OC1CCC2(C)C(CCC3C2CCC2(C)C(c4ccc(=O)oc4)C(OC(C)=O)[C@H]4OC342)C1. The van der Waals surface area contributed by atoms with Gasteiger partial charge in [0.15, 0.2) is 0 Å². The highest BCUT2D eigenvalue weighted by Gasteiger charge is 2.84. The molecule has 4 saturated carbocycles. The van der Waals surface area contributed by atoms with Crippen molar-refractivity contribution in [1.29, 1.82) is 0 Å². The van der Waals surface area contributed by atoms with E-state index in [1.54, 1.807) is 6.26 Å². The van der Waals surface area contributed by atoms with Crippen LogP contribution in [0, 0.1) is 28.6 Å². The quantitative estimate of drug-likeness (QED) is 0.464. The fourth-order valence-corrected chi connectivity index (χ4v) is 9.42. The molecule has 1 spiro atoms. The maximum Gasteiger partial charge on any atom is 0.335 e. The van der Waals surface area contributed by atoms with Crippen molar-refractivity contribution in [1.82, 2.24) is 0 Å². The minimum absolute atomic E-state index is 0.0380. The van der Waals surface area contributed by atoms with E-state index in [0.29, 0.717) is 17.8 Å². The second-order valence-corrected chi connectivity index (χ2v) is 12.2. The van der Waals surface area contributed by atoms with Gasteiger partial charge in [-0.1, -0.05) is 13.8 Å². The molecule has 10 atom stereocenters. The molecule has 0 N–H and O–H groups in total. The minimum Gasteiger partial charge on any atom is -0.463 e. The average molecular weight is 485 g/mol. The van der Waals surface area contributed by atoms with Gasteiger partial charge < -0.3 is 18.6 Å². The van der Waals surface area contributed by atoms with Crippen molar-refractivity contribution in [3.8, 4) is 0 Å². The van der Waals surface area contributed by atoms with Crippen LogP contribution in [0.2, 0.25) is 0 Å². The summed E-state index contributed by atoms with van der Waals surface area (Å²) in [5, 5.41) is 0. The first-order valence-electron chi connectivity index (χ1n) is 13.2. The van der Waals surface area contributed by atoms with Crippen molar-refractivity contribution in [2.45, 2.75) is 102 Å². The van der Waals surface area contributed by atoms with Gasteiger partial charge in [-0.3, -0.25) is 9.59 Å². The lowest BCUT2D eigenvalue weighted by Gasteiger charge is -2.61. The van der Waals surface area contributed by atoms with Crippen LogP contribution in [0.5, 0.6) is 0 Å². The number of hydrogen-bond acceptors (Lipinski definition) is 7. The predicted octanol–water partition coefficient (Wildman–Crippen LogP) is 4.37. The summed E-state index contributed by atoms with van der Waals surface area (Å²) in [5.74, 6) is 0.922. The summed E-state index contributed by atoms with van der Waals surface area (Å²) in [6, 6.07) is 3.29. The van der Waals surface area contributed by atoms with E-state index in [1.807, 2.05) is 6.07 Å². The summed E-state index contributed by atoms with van der Waals surface area (Å²) in [6.07, 6.45) is 8.28. The fraction of sp³-hybridized carbons (Fsp3) is 0.750. The number of ether oxygens (including phenoxy) is 3. The van der Waals surface area contributed by atoms with Gasteiger partial charge in [0.25, 0.3) is 0 Å². The van der Waals surface area contributed by atoms with E-state index in [2.05, 4.69) is 13.8 Å². The Bertz CT molecular complexity index is 1090. The van der Waals surface area contributed by atoms with E-state index in [-0.39, 0.29) is 58.2 Å². The van der Waals surface area contributed by atoms with Gasteiger partial charge in [-0.15, -0.1) is 0 Å². The van der Waals surface area contributed by atoms with Crippen LogP contribution in [-0.4, -0.2) is 35.9 Å². The molecular formula is C28H36O7. The number of esters is 2. The smallest absolute Gasteiger partial charge is 0.335 e. The third-order valence-electron chi connectivity index (χ3n) is 10.8. The van der Waals surface area contributed by atoms with Gasteiger partial charge in [-0.2, -0.15) is 0 Å². The van der Waals surface area contributed by atoms with E-state index in [4.69, 9.17) is 18.6 Å². The van der Waals surface area contributed by atoms with Crippen LogP contribution in [0.25, 0.3) is 0 Å². The van der Waals surface area contributed by atoms with Gasteiger partial charge >= 0.3 is 17.6 Å². The lowest BCUT2D eigenvalue weighted by atomic mass is 9.44. The molecule has 35 heavy (non-hydrogen) atoms. The molecule has 0 aromatic carbocycles. The fourth-order valence-electron chi connectivity index (χ4n) is 9.42. The van der Waals surface area contributed by atoms with Gasteiger partial charge in [-0.05, 0) is 79.7 Å². The highest BCUT2D eigenvalue weighted by molar-refractivity contribution is 5.67. The molecule has 1 aliphatic heterocycles. The minimum atomic E-state index is -0.380. The molecule has 0 bridgehead atoms. The summed E-state index contributed by atoms with van der Waals surface area (Å²) in [4.78, 5) is 35.4. The maximum absolute atomic E-state index is 12.1. The Morgan fingerprint density at radius 3 is 2.43 bits per heavy atom. The molecule has 4 aliphatic carbocycles. The molecule has 6 rings (SSSR count). The van der Waals surface area contributed by atoms with Gasteiger partial charge in [0.05, 0.1) is 6.26 Å². The Hall–Kier alpha value is -2.15. The van der Waals surface area contributed by atoms with E-state index >= 15 is 0 Å². The Morgan fingerprint density at radius 1 is 0.971 bits per heavy atom. The Kier molecular flexibility index (Phi) is 5.10. The summed E-state index contributed by atoms with van der Waals surface area (Å²) in [5.41, 5.74) is 0.194. The molecule has 5 aliphatic rings. The Labute approximate surface area is 205 Å². The molecular weight excluding hydrogens is 448 g/mol. The van der Waals surface area contributed by atoms with Crippen LogP contribution in [0.4, 0.5) is 0 Å². The van der Waals surface area contributed by atoms with Gasteiger partial charge in [0, 0.05) is 31.2 Å². The second kappa shape index (κ2) is 7.67. The lowest BCUT2D eigenvalue weighted by molar-refractivity contribution is -0.166. The summed E-state index contributed by atoms with van der Waals surface area (Å²) in [6.45, 7) is 7.72. The molecule has 7 heteroatoms. The van der Waals surface area contributed by atoms with Crippen LogP contribution in [-0.2, 0) is 23.8 Å². The molecule has 190 valence electrons. The van der Waals surface area contributed by atoms with Gasteiger partial charge in [0.1, 0.15) is 23.9 Å². The third kappa shape index (κ3) is 3.15. The first-order chi connectivity index (χ1) is 16.6. The zero-order valence-electron chi connectivity index (χ0n) is 21.1. The molecule has 5 fully saturated rings. The largest absolute Gasteiger partial charge is 0.463 e. The Balaban J connectivity index is 1.34. The van der Waals surface area contributed by atoms with E-state index < -0.39 is 0 Å². The average Bonchev–Trinajstić information content (AvgIpc) is 3.49. The standard InChI is InChI=1S/C28H36O7/c1-15(29)33-19-9-11-26(3)18(13-19)6-7-21-20(26)10-12-27(4)23(17-5-8-22(31)32-14-17)24(34-16(2)30)25-28(21,27)35-25/h5,8,14,18-21,23-25H,6-7,9-13H2,1-4H3/t18?,19?,20?,21?,23?,24?,25-,26?,27?,28?/m1/s1. The Morgan fingerprint density at radius 2 is 1.74 bits per heavy atom. The van der Waals surface area contributed by atoms with Gasteiger partial charge in [-0.25, -0.2) is 4.79 Å². The first-order valence-corrected chi connectivity index (χ1v) is 13.2. The molecule has 2 heterocycles. The normalized spacial score (nSPS) is 47.5. The van der Waals surface area contributed by atoms with Crippen molar-refractivity contribution in [2.75, 3.05) is 0 Å².